The lowest BCUT2D eigenvalue weighted by Crippen LogP contribution is -2.40. The van der Waals surface area contributed by atoms with Gasteiger partial charge in [-0.3, -0.25) is 4.79 Å². The minimum Gasteiger partial charge on any atom is -0.497 e. The third-order valence-corrected chi connectivity index (χ3v) is 3.82. The van der Waals surface area contributed by atoms with Gasteiger partial charge in [0.1, 0.15) is 10.8 Å². The maximum atomic E-state index is 12.2. The Labute approximate surface area is 116 Å². The van der Waals surface area contributed by atoms with Crippen molar-refractivity contribution >= 4 is 17.2 Å². The highest BCUT2D eigenvalue weighted by Crippen LogP contribution is 2.23. The molecule has 100 valence electrons. The predicted molar refractivity (Wildman–Crippen MR) is 75.6 cm³/mol. The number of carbonyl (C=O) groups is 1. The molecule has 1 amide bonds. The van der Waals surface area contributed by atoms with Crippen molar-refractivity contribution in [3.05, 3.63) is 46.4 Å². The second kappa shape index (κ2) is 5.40. The van der Waals surface area contributed by atoms with Crippen molar-refractivity contribution < 1.29 is 9.53 Å². The first kappa shape index (κ1) is 13.5. The Kier molecular flexibility index (Phi) is 3.85. The molecule has 0 radical (unpaired) electrons. The first-order valence-corrected chi connectivity index (χ1v) is 6.77. The van der Waals surface area contributed by atoms with E-state index in [1.807, 2.05) is 25.3 Å². The highest BCUT2D eigenvalue weighted by molar-refractivity contribution is 7.09. The number of benzene rings is 1. The molecule has 1 aromatic heterocycles. The molecule has 0 atom stereocenters. The molecule has 0 aliphatic rings. The molecule has 0 bridgehead atoms. The van der Waals surface area contributed by atoms with Crippen LogP contribution in [-0.4, -0.2) is 18.0 Å². The van der Waals surface area contributed by atoms with Crippen molar-refractivity contribution in [2.24, 2.45) is 0 Å². The third kappa shape index (κ3) is 3.12. The Balaban J connectivity index is 2.16. The Morgan fingerprint density at radius 2 is 2.21 bits per heavy atom. The van der Waals surface area contributed by atoms with E-state index >= 15 is 0 Å². The molecule has 0 unspecified atom stereocenters. The van der Waals surface area contributed by atoms with Gasteiger partial charge in [-0.25, -0.2) is 4.98 Å². The van der Waals surface area contributed by atoms with Crippen LogP contribution in [0.2, 0.25) is 0 Å². The summed E-state index contributed by atoms with van der Waals surface area (Å²) in [5, 5.41) is 5.76. The minimum absolute atomic E-state index is 0.140. The summed E-state index contributed by atoms with van der Waals surface area (Å²) < 4.78 is 5.12. The van der Waals surface area contributed by atoms with Crippen molar-refractivity contribution in [3.8, 4) is 5.75 Å². The topological polar surface area (TPSA) is 51.2 Å². The van der Waals surface area contributed by atoms with Gasteiger partial charge in [0.2, 0.25) is 0 Å². The molecule has 2 rings (SSSR count). The first-order valence-electron chi connectivity index (χ1n) is 5.89. The zero-order valence-corrected chi connectivity index (χ0v) is 12.0. The molecule has 0 aliphatic carbocycles. The molecule has 4 nitrogen and oxygen atoms in total. The fourth-order valence-electron chi connectivity index (χ4n) is 1.71. The summed E-state index contributed by atoms with van der Waals surface area (Å²) in [6.07, 6.45) is 1.74. The van der Waals surface area contributed by atoms with Crippen LogP contribution < -0.4 is 10.1 Å². The van der Waals surface area contributed by atoms with Gasteiger partial charge in [0.25, 0.3) is 5.91 Å². The lowest BCUT2D eigenvalue weighted by molar-refractivity contribution is 0.0911. The second-order valence-electron chi connectivity index (χ2n) is 4.65. The second-order valence-corrected chi connectivity index (χ2v) is 5.54. The Hall–Kier alpha value is -1.88. The van der Waals surface area contributed by atoms with E-state index in [0.29, 0.717) is 11.3 Å². The van der Waals surface area contributed by atoms with Crippen molar-refractivity contribution in [2.45, 2.75) is 19.4 Å². The minimum atomic E-state index is -0.492. The summed E-state index contributed by atoms with van der Waals surface area (Å²) in [6.45, 7) is 3.87. The number of hydrogen-bond acceptors (Lipinski definition) is 4. The fourth-order valence-corrected chi connectivity index (χ4v) is 2.42. The molecule has 2 aromatic rings. The molecule has 19 heavy (non-hydrogen) atoms. The van der Waals surface area contributed by atoms with E-state index in [4.69, 9.17) is 4.74 Å². The maximum absolute atomic E-state index is 12.2. The average molecular weight is 276 g/mol. The predicted octanol–water partition coefficient (Wildman–Crippen LogP) is 2.82. The summed E-state index contributed by atoms with van der Waals surface area (Å²) in [4.78, 5) is 16.5. The number of carbonyl (C=O) groups excluding carboxylic acids is 1. The zero-order valence-electron chi connectivity index (χ0n) is 11.1. The van der Waals surface area contributed by atoms with Crippen LogP contribution in [0.1, 0.15) is 29.2 Å². The van der Waals surface area contributed by atoms with E-state index in [9.17, 15) is 4.79 Å². The molecule has 1 aromatic carbocycles. The van der Waals surface area contributed by atoms with E-state index < -0.39 is 5.54 Å². The largest absolute Gasteiger partial charge is 0.497 e. The van der Waals surface area contributed by atoms with Gasteiger partial charge in [-0.05, 0) is 32.0 Å². The van der Waals surface area contributed by atoms with Crippen LogP contribution in [0.3, 0.4) is 0 Å². The van der Waals surface area contributed by atoms with Gasteiger partial charge < -0.3 is 10.1 Å². The van der Waals surface area contributed by atoms with Gasteiger partial charge in [-0.15, -0.1) is 11.3 Å². The number of hydrogen-bond donors (Lipinski definition) is 1. The normalized spacial score (nSPS) is 11.1. The van der Waals surface area contributed by atoms with Crippen molar-refractivity contribution in [1.82, 2.24) is 10.3 Å². The summed E-state index contributed by atoms with van der Waals surface area (Å²) in [6, 6.07) is 7.08. The Morgan fingerprint density at radius 3 is 2.84 bits per heavy atom. The Morgan fingerprint density at radius 1 is 1.42 bits per heavy atom. The summed E-state index contributed by atoms with van der Waals surface area (Å²) in [5.41, 5.74) is 0.0814. The molecule has 0 saturated carbocycles. The zero-order chi connectivity index (χ0) is 13.9. The van der Waals surface area contributed by atoms with Crippen LogP contribution in [0.15, 0.2) is 35.8 Å². The third-order valence-electron chi connectivity index (χ3n) is 2.72. The number of thiazole rings is 1. The molecular formula is C14H16N2O2S. The van der Waals surface area contributed by atoms with Crippen LogP contribution in [0.5, 0.6) is 5.75 Å². The molecule has 5 heteroatoms. The van der Waals surface area contributed by atoms with Gasteiger partial charge in [0.05, 0.1) is 12.6 Å². The van der Waals surface area contributed by atoms with Crippen molar-refractivity contribution in [3.63, 3.8) is 0 Å². The highest BCUT2D eigenvalue weighted by atomic mass is 32.1. The fraction of sp³-hybridized carbons (Fsp3) is 0.286. The summed E-state index contributed by atoms with van der Waals surface area (Å²) in [5.74, 6) is 0.527. The van der Waals surface area contributed by atoms with Gasteiger partial charge in [0, 0.05) is 17.1 Å². The maximum Gasteiger partial charge on any atom is 0.252 e. The van der Waals surface area contributed by atoms with Crippen LogP contribution in [0, 0.1) is 0 Å². The Bertz CT molecular complexity index is 565. The van der Waals surface area contributed by atoms with Gasteiger partial charge in [-0.2, -0.15) is 0 Å². The number of nitrogens with one attached hydrogen (secondary N) is 1. The summed E-state index contributed by atoms with van der Waals surface area (Å²) >= 11 is 1.52. The molecule has 0 spiro atoms. The number of amides is 1. The van der Waals surface area contributed by atoms with Crippen molar-refractivity contribution in [2.75, 3.05) is 7.11 Å². The van der Waals surface area contributed by atoms with Crippen LogP contribution in [0.25, 0.3) is 0 Å². The van der Waals surface area contributed by atoms with Crippen molar-refractivity contribution in [1.29, 1.82) is 0 Å². The van der Waals surface area contributed by atoms with Gasteiger partial charge in [-0.1, -0.05) is 6.07 Å². The smallest absolute Gasteiger partial charge is 0.252 e. The number of ether oxygens (including phenoxy) is 1. The molecule has 0 aliphatic heterocycles. The van der Waals surface area contributed by atoms with E-state index in [0.717, 1.165) is 5.01 Å². The SMILES string of the molecule is COc1cccc(C(=O)NC(C)(C)c2nccs2)c1. The van der Waals surface area contributed by atoms with Crippen LogP contribution in [-0.2, 0) is 5.54 Å². The number of rotatable bonds is 4. The molecule has 1 N–H and O–H groups in total. The standard InChI is InChI=1S/C14H16N2O2S/c1-14(2,13-15-7-8-19-13)16-12(17)10-5-4-6-11(9-10)18-3/h4-9H,1-3H3,(H,16,17). The molecular weight excluding hydrogens is 260 g/mol. The van der Waals surface area contributed by atoms with E-state index in [1.165, 1.54) is 11.3 Å². The lowest BCUT2D eigenvalue weighted by Gasteiger charge is -2.23. The summed E-state index contributed by atoms with van der Waals surface area (Å²) in [7, 11) is 1.58. The number of methoxy groups -OCH3 is 1. The lowest BCUT2D eigenvalue weighted by atomic mass is 10.1. The molecule has 1 heterocycles. The number of nitrogens with zero attached hydrogens (tertiary/aromatic N) is 1. The molecule has 0 saturated heterocycles. The average Bonchev–Trinajstić information content (AvgIpc) is 2.93. The first-order chi connectivity index (χ1) is 9.03. The monoisotopic (exact) mass is 276 g/mol. The van der Waals surface area contributed by atoms with Crippen LogP contribution in [0.4, 0.5) is 0 Å². The van der Waals surface area contributed by atoms with E-state index in [1.54, 1.807) is 31.5 Å². The van der Waals surface area contributed by atoms with E-state index in [-0.39, 0.29) is 5.91 Å². The molecule has 0 fully saturated rings. The quantitative estimate of drug-likeness (QED) is 0.934. The van der Waals surface area contributed by atoms with Gasteiger partial charge >= 0.3 is 0 Å². The number of aromatic nitrogens is 1. The highest BCUT2D eigenvalue weighted by Gasteiger charge is 2.25. The van der Waals surface area contributed by atoms with Crippen LogP contribution >= 0.6 is 11.3 Å². The van der Waals surface area contributed by atoms with Gasteiger partial charge in [0.15, 0.2) is 0 Å². The van der Waals surface area contributed by atoms with E-state index in [2.05, 4.69) is 10.3 Å².